The summed E-state index contributed by atoms with van der Waals surface area (Å²) in [7, 11) is -3.66. The normalized spacial score (nSPS) is 13.1. The number of sulfonamides is 1. The number of halogens is 1. The summed E-state index contributed by atoms with van der Waals surface area (Å²) in [5, 5.41) is 8.88. The van der Waals surface area contributed by atoms with Crippen molar-refractivity contribution in [3.05, 3.63) is 28.2 Å². The Morgan fingerprint density at radius 3 is 2.57 bits per heavy atom. The predicted octanol–water partition coefficient (Wildman–Crippen LogP) is 3.39. The molecule has 0 spiro atoms. The van der Waals surface area contributed by atoms with E-state index in [-0.39, 0.29) is 21.0 Å². The van der Waals surface area contributed by atoms with Crippen LogP contribution in [0.3, 0.4) is 0 Å². The third-order valence-corrected chi connectivity index (χ3v) is 5.63. The fraction of sp³-hybridized carbons (Fsp3) is 0.500. The van der Waals surface area contributed by atoms with Crippen molar-refractivity contribution < 1.29 is 18.3 Å². The Kier molecular flexibility index (Phi) is 6.83. The van der Waals surface area contributed by atoms with Crippen molar-refractivity contribution in [1.29, 1.82) is 0 Å². The number of hydrogen-bond donors (Lipinski definition) is 2. The number of carboxylic acid groups (broad SMARTS) is 1. The predicted molar refractivity (Wildman–Crippen MR) is 85.0 cm³/mol. The molecule has 0 aliphatic rings. The number of carboxylic acids is 1. The number of aromatic carboxylic acids is 1. The molecule has 0 amide bonds. The summed E-state index contributed by atoms with van der Waals surface area (Å²) in [6.07, 6.45) is 3.90. The van der Waals surface area contributed by atoms with Gasteiger partial charge in [0.25, 0.3) is 0 Å². The van der Waals surface area contributed by atoms with Crippen LogP contribution in [0.1, 0.15) is 49.9 Å². The zero-order valence-corrected chi connectivity index (χ0v) is 14.5. The van der Waals surface area contributed by atoms with E-state index in [9.17, 15) is 13.2 Å². The Labute approximate surface area is 133 Å². The number of benzene rings is 1. The molecule has 0 aliphatic heterocycles. The molecule has 1 aromatic rings. The number of carbonyl (C=O) groups is 1. The van der Waals surface area contributed by atoms with E-state index in [2.05, 4.69) is 27.6 Å². The largest absolute Gasteiger partial charge is 0.478 e. The molecule has 1 rings (SSSR count). The van der Waals surface area contributed by atoms with Crippen molar-refractivity contribution in [3.63, 3.8) is 0 Å². The molecule has 21 heavy (non-hydrogen) atoms. The van der Waals surface area contributed by atoms with Crippen LogP contribution in [0.4, 0.5) is 0 Å². The zero-order valence-electron chi connectivity index (χ0n) is 12.1. The molecule has 2 N–H and O–H groups in total. The molecule has 0 aromatic heterocycles. The molecule has 0 aliphatic carbocycles. The van der Waals surface area contributed by atoms with E-state index < -0.39 is 16.0 Å². The van der Waals surface area contributed by atoms with Gasteiger partial charge in [0.1, 0.15) is 0 Å². The summed E-state index contributed by atoms with van der Waals surface area (Å²) in [6, 6.07) is 3.71. The summed E-state index contributed by atoms with van der Waals surface area (Å²) >= 11 is 3.12. The highest BCUT2D eigenvalue weighted by Gasteiger charge is 2.21. The van der Waals surface area contributed by atoms with Crippen molar-refractivity contribution >= 4 is 31.9 Å². The van der Waals surface area contributed by atoms with Crippen LogP contribution < -0.4 is 4.72 Å². The van der Waals surface area contributed by atoms with Gasteiger partial charge in [-0.3, -0.25) is 0 Å². The van der Waals surface area contributed by atoms with Crippen LogP contribution in [0.15, 0.2) is 27.6 Å². The number of nitrogens with one attached hydrogen (secondary N) is 1. The minimum Gasteiger partial charge on any atom is -0.478 e. The SMILES string of the molecule is CCCCCC(C)NS(=O)(=O)c1ccc(C(=O)O)cc1Br. The molecule has 0 saturated heterocycles. The van der Waals surface area contributed by atoms with Gasteiger partial charge in [-0.15, -0.1) is 0 Å². The van der Waals surface area contributed by atoms with Gasteiger partial charge in [0.2, 0.25) is 10.0 Å². The number of unbranched alkanes of at least 4 members (excludes halogenated alkanes) is 2. The monoisotopic (exact) mass is 377 g/mol. The Balaban J connectivity index is 2.85. The fourth-order valence-electron chi connectivity index (χ4n) is 1.94. The van der Waals surface area contributed by atoms with Gasteiger partial charge in [0, 0.05) is 10.5 Å². The second kappa shape index (κ2) is 7.91. The van der Waals surface area contributed by atoms with Gasteiger partial charge in [-0.25, -0.2) is 17.9 Å². The topological polar surface area (TPSA) is 83.5 Å². The first kappa shape index (κ1) is 18.1. The van der Waals surface area contributed by atoms with E-state index in [0.717, 1.165) is 25.7 Å². The van der Waals surface area contributed by atoms with E-state index in [1.165, 1.54) is 18.2 Å². The van der Waals surface area contributed by atoms with Gasteiger partial charge in [0.15, 0.2) is 0 Å². The Bertz CT molecular complexity index is 601. The Morgan fingerprint density at radius 2 is 2.05 bits per heavy atom. The average Bonchev–Trinajstić information content (AvgIpc) is 2.37. The molecule has 1 aromatic carbocycles. The first-order chi connectivity index (χ1) is 9.77. The molecular weight excluding hydrogens is 358 g/mol. The lowest BCUT2D eigenvalue weighted by atomic mass is 10.1. The molecule has 7 heteroatoms. The third-order valence-electron chi connectivity index (χ3n) is 3.07. The average molecular weight is 378 g/mol. The van der Waals surface area contributed by atoms with E-state index in [0.29, 0.717) is 0 Å². The summed E-state index contributed by atoms with van der Waals surface area (Å²) in [4.78, 5) is 10.9. The summed E-state index contributed by atoms with van der Waals surface area (Å²) in [5.41, 5.74) is 0.0387. The van der Waals surface area contributed by atoms with Gasteiger partial charge in [-0.05, 0) is 47.5 Å². The van der Waals surface area contributed by atoms with E-state index >= 15 is 0 Å². The van der Waals surface area contributed by atoms with Gasteiger partial charge < -0.3 is 5.11 Å². The molecule has 0 fully saturated rings. The summed E-state index contributed by atoms with van der Waals surface area (Å²) in [6.45, 7) is 3.92. The molecule has 0 heterocycles. The van der Waals surface area contributed by atoms with Crippen LogP contribution in [0.2, 0.25) is 0 Å². The van der Waals surface area contributed by atoms with Crippen LogP contribution in [-0.4, -0.2) is 25.5 Å². The van der Waals surface area contributed by atoms with Crippen LogP contribution in [0, 0.1) is 0 Å². The molecule has 0 radical (unpaired) electrons. The van der Waals surface area contributed by atoms with E-state index in [1.54, 1.807) is 0 Å². The van der Waals surface area contributed by atoms with Crippen molar-refractivity contribution in [2.45, 2.75) is 50.5 Å². The van der Waals surface area contributed by atoms with Crippen LogP contribution >= 0.6 is 15.9 Å². The maximum atomic E-state index is 12.3. The van der Waals surface area contributed by atoms with Gasteiger partial charge in [0.05, 0.1) is 10.5 Å². The highest BCUT2D eigenvalue weighted by molar-refractivity contribution is 9.10. The molecule has 5 nitrogen and oxygen atoms in total. The van der Waals surface area contributed by atoms with E-state index in [1.807, 2.05) is 6.92 Å². The first-order valence-electron chi connectivity index (χ1n) is 6.83. The molecule has 0 bridgehead atoms. The van der Waals surface area contributed by atoms with Gasteiger partial charge in [-0.2, -0.15) is 0 Å². The lowest BCUT2D eigenvalue weighted by molar-refractivity contribution is 0.0696. The summed E-state index contributed by atoms with van der Waals surface area (Å²) in [5.74, 6) is -1.10. The minimum atomic E-state index is -3.66. The lowest BCUT2D eigenvalue weighted by Crippen LogP contribution is -2.32. The van der Waals surface area contributed by atoms with Crippen LogP contribution in [-0.2, 0) is 10.0 Å². The Morgan fingerprint density at radius 1 is 1.38 bits per heavy atom. The van der Waals surface area contributed by atoms with Crippen molar-refractivity contribution in [2.75, 3.05) is 0 Å². The van der Waals surface area contributed by atoms with Crippen molar-refractivity contribution in [3.8, 4) is 0 Å². The highest BCUT2D eigenvalue weighted by atomic mass is 79.9. The maximum absolute atomic E-state index is 12.3. The fourth-order valence-corrected chi connectivity index (χ4v) is 4.30. The lowest BCUT2D eigenvalue weighted by Gasteiger charge is -2.15. The second-order valence-corrected chi connectivity index (χ2v) is 7.51. The van der Waals surface area contributed by atoms with Crippen LogP contribution in [0.5, 0.6) is 0 Å². The molecule has 118 valence electrons. The second-order valence-electron chi connectivity index (χ2n) is 4.97. The Hall–Kier alpha value is -0.920. The molecule has 0 saturated carbocycles. The third kappa shape index (κ3) is 5.41. The van der Waals surface area contributed by atoms with Gasteiger partial charge >= 0.3 is 5.97 Å². The number of rotatable bonds is 8. The maximum Gasteiger partial charge on any atom is 0.335 e. The van der Waals surface area contributed by atoms with Crippen LogP contribution in [0.25, 0.3) is 0 Å². The first-order valence-corrected chi connectivity index (χ1v) is 9.10. The van der Waals surface area contributed by atoms with Gasteiger partial charge in [-0.1, -0.05) is 26.2 Å². The summed E-state index contributed by atoms with van der Waals surface area (Å²) < 4.78 is 27.4. The quantitative estimate of drug-likeness (QED) is 0.680. The minimum absolute atomic E-state index is 0.0387. The zero-order chi connectivity index (χ0) is 16.0. The van der Waals surface area contributed by atoms with E-state index in [4.69, 9.17) is 5.11 Å². The molecule has 1 unspecified atom stereocenters. The molecular formula is C14H20BrNO4S. The van der Waals surface area contributed by atoms with Crippen molar-refractivity contribution in [2.24, 2.45) is 0 Å². The van der Waals surface area contributed by atoms with Crippen molar-refractivity contribution in [1.82, 2.24) is 4.72 Å². The highest BCUT2D eigenvalue weighted by Crippen LogP contribution is 2.23. The smallest absolute Gasteiger partial charge is 0.335 e. The standard InChI is InChI=1S/C14H20BrNO4S/c1-3-4-5-6-10(2)16-21(19,20)13-8-7-11(14(17)18)9-12(13)15/h7-10,16H,3-6H2,1-2H3,(H,17,18). The molecule has 1 atom stereocenters. The number of hydrogen-bond acceptors (Lipinski definition) is 3.